The lowest BCUT2D eigenvalue weighted by atomic mass is 9.63. The van der Waals surface area contributed by atoms with Crippen LogP contribution >= 0.6 is 0 Å². The highest BCUT2D eigenvalue weighted by atomic mass is 16.3. The average Bonchev–Trinajstić information content (AvgIpc) is 3.23. The number of nitrogens with zero attached hydrogens (tertiary/aromatic N) is 5. The number of aromatic nitrogens is 4. The molecule has 2 aromatic heterocycles. The predicted molar refractivity (Wildman–Crippen MR) is 126 cm³/mol. The minimum atomic E-state index is -0.501. The van der Waals surface area contributed by atoms with Gasteiger partial charge in [-0.05, 0) is 30.9 Å². The summed E-state index contributed by atoms with van der Waals surface area (Å²) in [5.41, 5.74) is 8.36. The molecule has 1 saturated carbocycles. The Labute approximate surface area is 191 Å². The van der Waals surface area contributed by atoms with E-state index < -0.39 is 5.41 Å². The number of hydrogen-bond acceptors (Lipinski definition) is 6. The van der Waals surface area contributed by atoms with Crippen LogP contribution in [0.5, 0.6) is 0 Å². The van der Waals surface area contributed by atoms with Crippen LogP contribution in [0.4, 0.5) is 5.95 Å². The van der Waals surface area contributed by atoms with E-state index in [0.717, 1.165) is 36.0 Å². The number of hydrogen-bond donors (Lipinski definition) is 3. The number of amides is 1. The van der Waals surface area contributed by atoms with Crippen molar-refractivity contribution in [2.45, 2.75) is 38.1 Å². The first-order valence-electron chi connectivity index (χ1n) is 10.8. The Hall–Kier alpha value is -4.08. The standard InChI is InChI=1S/C23H26N8O2/c1-2-26-19(32)14-31-13-17(12-29-31)20(33)30-21(24)23(8-3-9-23)18-6-4-15(5-7-18)16-10-27-22(25)28-11-16/h4-7,10-13H,2-3,8-9,14H2,1H3,(H,26,32)(H2,24,30,33)(H2,25,27,28)/p+1. The number of carbonyl (C=O) groups excluding carboxylic acids is 1. The number of benzene rings is 1. The minimum Gasteiger partial charge on any atom is -0.578 e. The predicted octanol–water partition coefficient (Wildman–Crippen LogP) is 1.63. The monoisotopic (exact) mass is 447 g/mol. The van der Waals surface area contributed by atoms with Crippen molar-refractivity contribution >= 4 is 23.6 Å². The Bertz CT molecular complexity index is 1180. The lowest BCUT2D eigenvalue weighted by Crippen LogP contribution is -2.41. The van der Waals surface area contributed by atoms with E-state index in [2.05, 4.69) is 25.4 Å². The van der Waals surface area contributed by atoms with E-state index >= 15 is 0 Å². The van der Waals surface area contributed by atoms with Crippen LogP contribution in [-0.2, 0) is 16.8 Å². The fourth-order valence-electron chi connectivity index (χ4n) is 3.92. The topological polar surface area (TPSA) is 158 Å². The van der Waals surface area contributed by atoms with Crippen molar-refractivity contribution < 1.29 is 9.90 Å². The summed E-state index contributed by atoms with van der Waals surface area (Å²) >= 11 is 0. The lowest BCUT2D eigenvalue weighted by molar-refractivity contribution is -0.121. The molecule has 0 saturated heterocycles. The summed E-state index contributed by atoms with van der Waals surface area (Å²) in [6, 6.07) is 7.97. The number of nitrogen functional groups attached to an aromatic ring is 1. The van der Waals surface area contributed by atoms with Crippen LogP contribution in [0.25, 0.3) is 11.1 Å². The second-order valence-corrected chi connectivity index (χ2v) is 8.03. The minimum absolute atomic E-state index is 0.0379. The normalized spacial score (nSPS) is 15.0. The van der Waals surface area contributed by atoms with E-state index in [-0.39, 0.29) is 30.1 Å². The molecule has 4 rings (SSSR count). The Balaban J connectivity index is 1.51. The molecular weight excluding hydrogens is 420 g/mol. The van der Waals surface area contributed by atoms with Crippen molar-refractivity contribution in [1.29, 1.82) is 5.41 Å². The first-order valence-corrected chi connectivity index (χ1v) is 10.8. The molecule has 10 nitrogen and oxygen atoms in total. The zero-order chi connectivity index (χ0) is 23.4. The fraction of sp³-hybridized carbons (Fsp3) is 0.304. The van der Waals surface area contributed by atoms with Gasteiger partial charge >= 0.3 is 5.90 Å². The van der Waals surface area contributed by atoms with Crippen molar-refractivity contribution in [1.82, 2.24) is 25.1 Å². The summed E-state index contributed by atoms with van der Waals surface area (Å²) in [5.74, 6) is 0.213. The number of nitrogens with one attached hydrogen (secondary N) is 2. The van der Waals surface area contributed by atoms with Gasteiger partial charge in [-0.25, -0.2) is 9.97 Å². The largest absolute Gasteiger partial charge is 0.578 e. The summed E-state index contributed by atoms with van der Waals surface area (Å²) in [6.07, 6.45) is 9.08. The first-order chi connectivity index (χ1) is 15.9. The molecule has 0 atom stereocenters. The molecule has 1 aliphatic carbocycles. The van der Waals surface area contributed by atoms with Crippen LogP contribution < -0.4 is 11.1 Å². The fourth-order valence-corrected chi connectivity index (χ4v) is 3.92. The van der Waals surface area contributed by atoms with Gasteiger partial charge in [-0.15, -0.1) is 4.99 Å². The molecule has 0 unspecified atom stereocenters. The van der Waals surface area contributed by atoms with Crippen molar-refractivity contribution in [2.75, 3.05) is 12.3 Å². The average molecular weight is 448 g/mol. The Kier molecular flexibility index (Phi) is 6.16. The quantitative estimate of drug-likeness (QED) is 0.285. The third-order valence-electron chi connectivity index (χ3n) is 5.91. The number of amidine groups is 1. The molecule has 1 fully saturated rings. The van der Waals surface area contributed by atoms with Gasteiger partial charge in [0.25, 0.3) is 0 Å². The maximum Gasteiger partial charge on any atom is 0.369 e. The van der Waals surface area contributed by atoms with Gasteiger partial charge in [0.15, 0.2) is 0 Å². The summed E-state index contributed by atoms with van der Waals surface area (Å²) < 4.78 is 1.47. The van der Waals surface area contributed by atoms with E-state index in [1.54, 1.807) is 18.6 Å². The second-order valence-electron chi connectivity index (χ2n) is 8.03. The molecule has 2 heterocycles. The smallest absolute Gasteiger partial charge is 0.369 e. The van der Waals surface area contributed by atoms with Crippen molar-refractivity contribution in [3.8, 4) is 11.1 Å². The maximum atomic E-state index is 11.7. The summed E-state index contributed by atoms with van der Waals surface area (Å²) in [4.78, 5) is 24.1. The summed E-state index contributed by atoms with van der Waals surface area (Å²) in [6.45, 7) is 2.47. The number of aliphatic imine (C=N–C) groups is 1. The van der Waals surface area contributed by atoms with Crippen molar-refractivity contribution in [3.63, 3.8) is 0 Å². The Morgan fingerprint density at radius 2 is 1.91 bits per heavy atom. The van der Waals surface area contributed by atoms with Gasteiger partial charge in [0.1, 0.15) is 17.9 Å². The van der Waals surface area contributed by atoms with E-state index in [9.17, 15) is 4.79 Å². The summed E-state index contributed by atoms with van der Waals surface area (Å²) in [5, 5.41) is 23.9. The van der Waals surface area contributed by atoms with Crippen LogP contribution in [-0.4, -0.2) is 49.0 Å². The van der Waals surface area contributed by atoms with Gasteiger partial charge in [-0.2, -0.15) is 5.10 Å². The van der Waals surface area contributed by atoms with E-state index in [1.165, 1.54) is 10.9 Å². The molecule has 1 aliphatic rings. The molecule has 0 radical (unpaired) electrons. The van der Waals surface area contributed by atoms with Crippen molar-refractivity contribution in [2.24, 2.45) is 4.99 Å². The molecule has 3 aromatic rings. The Morgan fingerprint density at radius 3 is 2.52 bits per heavy atom. The number of anilines is 1. The van der Waals surface area contributed by atoms with Gasteiger partial charge in [0, 0.05) is 30.7 Å². The highest BCUT2D eigenvalue weighted by molar-refractivity contribution is 6.04. The molecule has 33 heavy (non-hydrogen) atoms. The van der Waals surface area contributed by atoms with Crippen LogP contribution in [0.3, 0.4) is 0 Å². The second kappa shape index (κ2) is 9.19. The van der Waals surface area contributed by atoms with Crippen LogP contribution in [0, 0.1) is 5.41 Å². The number of rotatable bonds is 7. The van der Waals surface area contributed by atoms with E-state index in [0.29, 0.717) is 12.1 Å². The molecule has 170 valence electrons. The van der Waals surface area contributed by atoms with Gasteiger partial charge in [0.05, 0.1) is 11.6 Å². The number of carbonyl (C=O) groups is 1. The van der Waals surface area contributed by atoms with E-state index in [1.807, 2.05) is 31.2 Å². The third-order valence-corrected chi connectivity index (χ3v) is 5.91. The third kappa shape index (κ3) is 4.59. The van der Waals surface area contributed by atoms with Crippen LogP contribution in [0.2, 0.25) is 0 Å². The molecule has 0 aliphatic heterocycles. The first kappa shape index (κ1) is 22.1. The van der Waals surface area contributed by atoms with Gasteiger partial charge in [-0.1, -0.05) is 30.7 Å². The Morgan fingerprint density at radius 1 is 1.21 bits per heavy atom. The lowest BCUT2D eigenvalue weighted by Gasteiger charge is -2.41. The molecule has 6 N–H and O–H groups in total. The van der Waals surface area contributed by atoms with E-state index in [4.69, 9.17) is 16.2 Å². The molecule has 0 spiro atoms. The molecular formula is C23H27N8O2+. The highest BCUT2D eigenvalue weighted by Gasteiger charge is 2.43. The number of likely N-dealkylation sites (N-methyl/N-ethyl adjacent to an activating group) is 1. The molecule has 10 heteroatoms. The zero-order valence-corrected chi connectivity index (χ0v) is 18.4. The van der Waals surface area contributed by atoms with Crippen LogP contribution in [0.15, 0.2) is 54.0 Å². The number of nitrogens with two attached hydrogens (primary N) is 1. The zero-order valence-electron chi connectivity index (χ0n) is 18.4. The molecule has 0 bridgehead atoms. The van der Waals surface area contributed by atoms with Crippen molar-refractivity contribution in [3.05, 3.63) is 60.2 Å². The van der Waals surface area contributed by atoms with Gasteiger partial charge in [-0.3, -0.25) is 14.9 Å². The molecule has 1 amide bonds. The van der Waals surface area contributed by atoms with Gasteiger partial charge < -0.3 is 16.2 Å². The summed E-state index contributed by atoms with van der Waals surface area (Å²) in [7, 11) is 0. The van der Waals surface area contributed by atoms with Gasteiger partial charge in [0.2, 0.25) is 11.9 Å². The molecule has 1 aromatic carbocycles. The van der Waals surface area contributed by atoms with Crippen LogP contribution in [0.1, 0.15) is 37.3 Å². The highest BCUT2D eigenvalue weighted by Crippen LogP contribution is 2.45. The SMILES string of the molecule is CCNC(=O)Cn1cc(C([OH2+])=NC(=N)C2(c3ccc(-c4cnc(N)nc4)cc3)CCC2)cn1. The maximum absolute atomic E-state index is 11.7.